The summed E-state index contributed by atoms with van der Waals surface area (Å²) in [5.74, 6) is 0.683. The van der Waals surface area contributed by atoms with Gasteiger partial charge in [0.15, 0.2) is 0 Å². The van der Waals surface area contributed by atoms with Gasteiger partial charge in [0.25, 0.3) is 0 Å². The maximum Gasteiger partial charge on any atom is -0.0203 e. The van der Waals surface area contributed by atoms with Crippen LogP contribution in [0.15, 0.2) is 24.8 Å². The molecule has 0 rings (SSSR count). The molecule has 0 saturated carbocycles. The second-order valence-corrected chi connectivity index (χ2v) is 4.57. The van der Waals surface area contributed by atoms with E-state index >= 15 is 0 Å². The van der Waals surface area contributed by atoms with Gasteiger partial charge < -0.3 is 0 Å². The molecular weight excluding hydrogens is 144 g/mol. The molecule has 0 bridgehead atoms. The average molecular weight is 166 g/mol. The van der Waals surface area contributed by atoms with Crippen molar-refractivity contribution in [3.05, 3.63) is 24.8 Å². The van der Waals surface area contributed by atoms with E-state index < -0.39 is 0 Å². The average Bonchev–Trinajstić information content (AvgIpc) is 1.95. The van der Waals surface area contributed by atoms with Crippen LogP contribution in [0.4, 0.5) is 0 Å². The second kappa shape index (κ2) is 5.18. The van der Waals surface area contributed by atoms with Crippen molar-refractivity contribution in [2.45, 2.75) is 40.5 Å². The summed E-state index contributed by atoms with van der Waals surface area (Å²) in [6.45, 7) is 12.7. The summed E-state index contributed by atoms with van der Waals surface area (Å²) in [5.41, 5.74) is 0.322. The quantitative estimate of drug-likeness (QED) is 0.549. The van der Waals surface area contributed by atoms with Crippen molar-refractivity contribution in [2.24, 2.45) is 11.3 Å². The zero-order chi connectivity index (χ0) is 9.61. The topological polar surface area (TPSA) is 0 Å². The van der Waals surface area contributed by atoms with Gasteiger partial charge in [-0.25, -0.2) is 0 Å². The number of rotatable bonds is 4. The minimum absolute atomic E-state index is 0.322. The Balaban J connectivity index is 3.75. The molecule has 0 spiro atoms. The van der Waals surface area contributed by atoms with E-state index in [1.807, 2.05) is 6.08 Å². The van der Waals surface area contributed by atoms with Crippen LogP contribution in [0.5, 0.6) is 0 Å². The van der Waals surface area contributed by atoms with Gasteiger partial charge in [0.05, 0.1) is 0 Å². The minimum atomic E-state index is 0.322. The Hall–Kier alpha value is -0.520. The molecule has 12 heavy (non-hydrogen) atoms. The molecule has 0 heterocycles. The Bertz CT molecular complexity index is 146. The van der Waals surface area contributed by atoms with Crippen molar-refractivity contribution in [1.29, 1.82) is 0 Å². The second-order valence-electron chi connectivity index (χ2n) is 4.57. The van der Waals surface area contributed by atoms with Crippen LogP contribution in [-0.2, 0) is 0 Å². The Morgan fingerprint density at radius 2 is 1.92 bits per heavy atom. The van der Waals surface area contributed by atoms with E-state index in [-0.39, 0.29) is 0 Å². The predicted molar refractivity (Wildman–Crippen MR) is 57.2 cm³/mol. The molecule has 0 aromatic rings. The smallest absolute Gasteiger partial charge is 0.0203 e. The molecule has 0 radical (unpaired) electrons. The van der Waals surface area contributed by atoms with Crippen molar-refractivity contribution >= 4 is 0 Å². The van der Waals surface area contributed by atoms with Crippen LogP contribution in [0.1, 0.15) is 40.5 Å². The summed E-state index contributed by atoms with van der Waals surface area (Å²) in [5, 5.41) is 0. The Labute approximate surface area is 77.4 Å². The zero-order valence-electron chi connectivity index (χ0n) is 8.93. The number of allylic oxidation sites excluding steroid dienone is 3. The van der Waals surface area contributed by atoms with Crippen molar-refractivity contribution in [2.75, 3.05) is 0 Å². The van der Waals surface area contributed by atoms with Gasteiger partial charge in [-0.3, -0.25) is 0 Å². The molecule has 0 aliphatic carbocycles. The first kappa shape index (κ1) is 11.5. The predicted octanol–water partition coefficient (Wildman–Crippen LogP) is 4.19. The van der Waals surface area contributed by atoms with Crippen LogP contribution in [0.25, 0.3) is 0 Å². The summed E-state index contributed by atoms with van der Waals surface area (Å²) in [7, 11) is 0. The molecule has 0 heteroatoms. The Morgan fingerprint density at radius 3 is 2.33 bits per heavy atom. The summed E-state index contributed by atoms with van der Waals surface area (Å²) in [6, 6.07) is 0. The fraction of sp³-hybridized carbons (Fsp3) is 0.667. The lowest BCUT2D eigenvalue weighted by Gasteiger charge is -2.13. The molecule has 0 amide bonds. The molecular formula is C12H22. The molecule has 0 aromatic heterocycles. The first-order valence-corrected chi connectivity index (χ1v) is 4.76. The molecule has 0 aliphatic heterocycles. The third-order valence-corrected chi connectivity index (χ3v) is 1.75. The van der Waals surface area contributed by atoms with E-state index in [1.165, 1.54) is 6.42 Å². The molecule has 0 fully saturated rings. The summed E-state index contributed by atoms with van der Waals surface area (Å²) < 4.78 is 0. The van der Waals surface area contributed by atoms with E-state index in [0.717, 1.165) is 6.42 Å². The highest BCUT2D eigenvalue weighted by Gasteiger charge is 2.04. The maximum atomic E-state index is 3.72. The van der Waals surface area contributed by atoms with Gasteiger partial charge in [0.1, 0.15) is 0 Å². The van der Waals surface area contributed by atoms with Gasteiger partial charge in [-0.2, -0.15) is 0 Å². The highest BCUT2D eigenvalue weighted by molar-refractivity contribution is 4.95. The van der Waals surface area contributed by atoms with Gasteiger partial charge in [-0.1, -0.05) is 45.9 Å². The molecule has 1 unspecified atom stereocenters. The van der Waals surface area contributed by atoms with Crippen LogP contribution in [0.2, 0.25) is 0 Å². The highest BCUT2D eigenvalue weighted by atomic mass is 14.1. The monoisotopic (exact) mass is 166 g/mol. The van der Waals surface area contributed by atoms with Crippen LogP contribution in [0, 0.1) is 11.3 Å². The molecule has 70 valence electrons. The van der Waals surface area contributed by atoms with Crippen molar-refractivity contribution < 1.29 is 0 Å². The van der Waals surface area contributed by atoms with Gasteiger partial charge in [-0.15, -0.1) is 6.58 Å². The third-order valence-electron chi connectivity index (χ3n) is 1.75. The first-order valence-electron chi connectivity index (χ1n) is 4.76. The summed E-state index contributed by atoms with van der Waals surface area (Å²) in [4.78, 5) is 0. The van der Waals surface area contributed by atoms with E-state index in [2.05, 4.69) is 46.4 Å². The lowest BCUT2D eigenvalue weighted by molar-refractivity contribution is 0.533. The van der Waals surface area contributed by atoms with Crippen LogP contribution < -0.4 is 0 Å². The van der Waals surface area contributed by atoms with Gasteiger partial charge >= 0.3 is 0 Å². The SMILES string of the molecule is C=CCCC(C)/C=C/C(C)(C)C. The highest BCUT2D eigenvalue weighted by Crippen LogP contribution is 2.17. The van der Waals surface area contributed by atoms with E-state index in [4.69, 9.17) is 0 Å². The molecule has 0 aliphatic rings. The lowest BCUT2D eigenvalue weighted by atomic mass is 9.93. The van der Waals surface area contributed by atoms with Gasteiger partial charge in [-0.05, 0) is 24.2 Å². The van der Waals surface area contributed by atoms with E-state index in [9.17, 15) is 0 Å². The van der Waals surface area contributed by atoms with E-state index in [1.54, 1.807) is 0 Å². The molecule has 1 atom stereocenters. The van der Waals surface area contributed by atoms with Crippen LogP contribution >= 0.6 is 0 Å². The minimum Gasteiger partial charge on any atom is -0.103 e. The zero-order valence-corrected chi connectivity index (χ0v) is 8.93. The van der Waals surface area contributed by atoms with Crippen molar-refractivity contribution in [3.63, 3.8) is 0 Å². The molecule has 0 aromatic carbocycles. The van der Waals surface area contributed by atoms with Gasteiger partial charge in [0.2, 0.25) is 0 Å². The maximum absolute atomic E-state index is 3.72. The molecule has 0 saturated heterocycles. The Morgan fingerprint density at radius 1 is 1.33 bits per heavy atom. The Kier molecular flexibility index (Phi) is 4.96. The van der Waals surface area contributed by atoms with Crippen LogP contribution in [0.3, 0.4) is 0 Å². The van der Waals surface area contributed by atoms with Crippen LogP contribution in [-0.4, -0.2) is 0 Å². The first-order chi connectivity index (χ1) is 5.45. The number of hydrogen-bond acceptors (Lipinski definition) is 0. The summed E-state index contributed by atoms with van der Waals surface area (Å²) in [6.07, 6.45) is 8.93. The third kappa shape index (κ3) is 7.59. The number of hydrogen-bond donors (Lipinski definition) is 0. The van der Waals surface area contributed by atoms with Crippen molar-refractivity contribution in [3.8, 4) is 0 Å². The van der Waals surface area contributed by atoms with E-state index in [0.29, 0.717) is 11.3 Å². The standard InChI is InChI=1S/C12H22/c1-6-7-8-11(2)9-10-12(3,4)5/h6,9-11H,1,7-8H2,2-5H3/b10-9+. The normalized spacial score (nSPS) is 15.0. The fourth-order valence-corrected chi connectivity index (χ4v) is 0.930. The lowest BCUT2D eigenvalue weighted by Crippen LogP contribution is -2.00. The largest absolute Gasteiger partial charge is 0.103 e. The summed E-state index contributed by atoms with van der Waals surface area (Å²) >= 11 is 0. The van der Waals surface area contributed by atoms with Gasteiger partial charge in [0, 0.05) is 0 Å². The molecule has 0 N–H and O–H groups in total. The van der Waals surface area contributed by atoms with Crippen molar-refractivity contribution in [1.82, 2.24) is 0 Å². The molecule has 0 nitrogen and oxygen atoms in total. The fourth-order valence-electron chi connectivity index (χ4n) is 0.930.